The zero-order chi connectivity index (χ0) is 21.4. The summed E-state index contributed by atoms with van der Waals surface area (Å²) in [4.78, 5) is 28.0. The molecule has 0 radical (unpaired) electrons. The monoisotopic (exact) mass is 409 g/mol. The fraction of sp³-hybridized carbons (Fsp3) is 0.476. The first-order valence-corrected chi connectivity index (χ1v) is 10.3. The third-order valence-corrected chi connectivity index (χ3v) is 5.67. The Morgan fingerprint density at radius 2 is 2.17 bits per heavy atom. The highest BCUT2D eigenvalue weighted by Crippen LogP contribution is 2.33. The summed E-state index contributed by atoms with van der Waals surface area (Å²) in [5, 5.41) is 10.3. The van der Waals surface area contributed by atoms with Gasteiger partial charge in [-0.05, 0) is 25.9 Å². The van der Waals surface area contributed by atoms with Crippen molar-refractivity contribution in [2.45, 2.75) is 25.9 Å². The van der Waals surface area contributed by atoms with E-state index in [4.69, 9.17) is 9.72 Å². The number of rotatable bonds is 4. The number of carbonyl (C=O) groups is 1. The van der Waals surface area contributed by atoms with E-state index in [9.17, 15) is 9.82 Å². The van der Waals surface area contributed by atoms with Crippen LogP contribution in [-0.2, 0) is 4.74 Å². The minimum absolute atomic E-state index is 0.0865. The van der Waals surface area contributed by atoms with Crippen molar-refractivity contribution in [1.29, 1.82) is 0 Å². The Morgan fingerprint density at radius 3 is 2.87 bits per heavy atom. The summed E-state index contributed by atoms with van der Waals surface area (Å²) in [7, 11) is 2.85. The molecule has 3 heterocycles. The van der Waals surface area contributed by atoms with Gasteiger partial charge in [-0.25, -0.2) is 4.98 Å². The van der Waals surface area contributed by atoms with Gasteiger partial charge in [0.1, 0.15) is 5.82 Å². The predicted octanol–water partition coefficient (Wildman–Crippen LogP) is 1.58. The fourth-order valence-corrected chi connectivity index (χ4v) is 4.12. The normalized spacial score (nSPS) is 22.0. The Kier molecular flexibility index (Phi) is 5.77. The van der Waals surface area contributed by atoms with Crippen molar-refractivity contribution < 1.29 is 14.6 Å². The predicted molar refractivity (Wildman–Crippen MR) is 118 cm³/mol. The third-order valence-electron chi connectivity index (χ3n) is 5.67. The summed E-state index contributed by atoms with van der Waals surface area (Å²) in [5.41, 5.74) is 2.87. The number of hydrogen-bond acceptors (Lipinski definition) is 7. The largest absolute Gasteiger partial charge is 0.437 e. The van der Waals surface area contributed by atoms with E-state index in [2.05, 4.69) is 22.9 Å². The summed E-state index contributed by atoms with van der Waals surface area (Å²) in [6, 6.07) is 3.52. The van der Waals surface area contributed by atoms with Crippen molar-refractivity contribution in [1.82, 2.24) is 19.7 Å². The second-order valence-electron chi connectivity index (χ2n) is 8.19. The molecule has 0 spiro atoms. The molecule has 1 aromatic heterocycles. The minimum Gasteiger partial charge on any atom is -0.437 e. The Bertz CT molecular complexity index is 981. The van der Waals surface area contributed by atoms with Gasteiger partial charge in [-0.2, -0.15) is 0 Å². The molecule has 9 heteroatoms. The van der Waals surface area contributed by atoms with Gasteiger partial charge < -0.3 is 24.4 Å². The molecule has 1 aromatic carbocycles. The van der Waals surface area contributed by atoms with E-state index in [1.54, 1.807) is 38.1 Å². The number of nitrogens with zero attached hydrogens (tertiary/aromatic N) is 5. The molecule has 1 fully saturated rings. The molecule has 2 aromatic rings. The number of aromatic nitrogens is 2. The quantitative estimate of drug-likeness (QED) is 0.607. The molecule has 1 amide bonds. The fourth-order valence-electron chi connectivity index (χ4n) is 4.12. The van der Waals surface area contributed by atoms with Crippen molar-refractivity contribution in [2.75, 3.05) is 45.2 Å². The van der Waals surface area contributed by atoms with Crippen LogP contribution in [0.1, 0.15) is 28.9 Å². The van der Waals surface area contributed by atoms with Gasteiger partial charge in [0.15, 0.2) is 0 Å². The van der Waals surface area contributed by atoms with Crippen LogP contribution in [0.15, 0.2) is 30.5 Å². The topological polar surface area (TPSA) is 82.0 Å². The first-order chi connectivity index (χ1) is 14.3. The van der Waals surface area contributed by atoms with Gasteiger partial charge in [0.2, 0.25) is 0 Å². The van der Waals surface area contributed by atoms with Crippen LogP contribution in [0.4, 0.5) is 5.82 Å². The summed E-state index contributed by atoms with van der Waals surface area (Å²) in [6.07, 6.45) is 5.99. The van der Waals surface area contributed by atoms with Crippen LogP contribution in [0.25, 0.3) is 11.0 Å². The highest BCUT2D eigenvalue weighted by Gasteiger charge is 2.30. The highest BCUT2D eigenvalue weighted by atomic mass is 16.5. The minimum atomic E-state index is -0.621. The van der Waals surface area contributed by atoms with Crippen molar-refractivity contribution in [2.24, 2.45) is 0 Å². The van der Waals surface area contributed by atoms with E-state index in [0.717, 1.165) is 30.0 Å². The Balaban J connectivity index is 1.84. The lowest BCUT2D eigenvalue weighted by Crippen LogP contribution is -2.41. The van der Waals surface area contributed by atoms with Gasteiger partial charge in [0, 0.05) is 50.9 Å². The lowest BCUT2D eigenvalue weighted by atomic mass is 9.82. The average Bonchev–Trinajstić information content (AvgIpc) is 3.22. The van der Waals surface area contributed by atoms with E-state index in [1.807, 2.05) is 17.0 Å². The molecule has 30 heavy (non-hydrogen) atoms. The van der Waals surface area contributed by atoms with Gasteiger partial charge in [-0.3, -0.25) is 9.78 Å². The number of carbonyl (C=O) groups excluding carboxylic acids is 1. The first-order valence-electron chi connectivity index (χ1n) is 10.3. The summed E-state index contributed by atoms with van der Waals surface area (Å²) < 4.78 is 5.65. The van der Waals surface area contributed by atoms with Crippen LogP contribution in [-0.4, -0.2) is 84.1 Å². The van der Waals surface area contributed by atoms with Crippen molar-refractivity contribution >= 4 is 29.8 Å². The molecule has 2 atom stereocenters. The molecule has 4 rings (SSSR count). The van der Waals surface area contributed by atoms with E-state index < -0.39 is 7.05 Å². The van der Waals surface area contributed by atoms with E-state index in [-0.39, 0.29) is 18.1 Å². The molecule has 1 saturated heterocycles. The number of amides is 1. The van der Waals surface area contributed by atoms with E-state index in [0.29, 0.717) is 24.2 Å². The van der Waals surface area contributed by atoms with Gasteiger partial charge in [0.25, 0.3) is 5.91 Å². The summed E-state index contributed by atoms with van der Waals surface area (Å²) in [5.74, 6) is 0.716. The van der Waals surface area contributed by atoms with Gasteiger partial charge in [-0.15, -0.1) is 0 Å². The van der Waals surface area contributed by atoms with Gasteiger partial charge >= 0.3 is 7.05 Å². The molecule has 2 unspecified atom stereocenters. The van der Waals surface area contributed by atoms with Gasteiger partial charge in [-0.1, -0.05) is 12.2 Å². The van der Waals surface area contributed by atoms with E-state index in [1.165, 1.54) is 0 Å². The van der Waals surface area contributed by atoms with Crippen LogP contribution < -0.4 is 4.90 Å². The molecule has 2 aliphatic heterocycles. The van der Waals surface area contributed by atoms with Crippen LogP contribution in [0.5, 0.6) is 0 Å². The van der Waals surface area contributed by atoms with E-state index >= 15 is 0 Å². The van der Waals surface area contributed by atoms with Gasteiger partial charge in [0.05, 0.1) is 29.9 Å². The van der Waals surface area contributed by atoms with Crippen molar-refractivity contribution in [3.05, 3.63) is 41.6 Å². The third kappa shape index (κ3) is 3.92. The zero-order valence-electron chi connectivity index (χ0n) is 17.9. The summed E-state index contributed by atoms with van der Waals surface area (Å²) >= 11 is 0. The molecule has 0 aliphatic carbocycles. The maximum atomic E-state index is 12.7. The lowest BCUT2D eigenvalue weighted by Gasteiger charge is -2.32. The highest BCUT2D eigenvalue weighted by molar-refractivity contribution is 6.45. The van der Waals surface area contributed by atoms with Crippen LogP contribution in [0.2, 0.25) is 6.82 Å². The number of benzene rings is 1. The van der Waals surface area contributed by atoms with Crippen molar-refractivity contribution in [3.63, 3.8) is 0 Å². The zero-order valence-corrected chi connectivity index (χ0v) is 17.9. The number of fused-ring (bicyclic) bond motifs is 1. The Hall–Kier alpha value is -2.49. The summed E-state index contributed by atoms with van der Waals surface area (Å²) in [6.45, 7) is 6.63. The van der Waals surface area contributed by atoms with Crippen molar-refractivity contribution in [3.8, 4) is 0 Å². The lowest BCUT2D eigenvalue weighted by molar-refractivity contribution is 0.0529. The standard InChI is InChI=1S/C21H28BN5O3/c1-14-13-26(8-9-30-14)19-12-23-17-11-15(21(28)25(3)4)10-16(20(17)24-19)18-6-5-7-27(18)22(2)29/h5-6,10-12,14,18,29H,7-9,13H2,1-4H3. The van der Waals surface area contributed by atoms with Crippen LogP contribution in [0.3, 0.4) is 0 Å². The molecular weight excluding hydrogens is 381 g/mol. The number of anilines is 1. The number of hydrogen-bond donors (Lipinski definition) is 1. The SMILES string of the molecule is CB(O)N1CC=CC1c1cc(C(=O)N(C)C)cc2ncc(N3CCOC(C)C3)nc12. The second kappa shape index (κ2) is 8.33. The smallest absolute Gasteiger partial charge is 0.377 e. The molecule has 158 valence electrons. The Morgan fingerprint density at radius 1 is 1.37 bits per heavy atom. The first kappa shape index (κ1) is 20.8. The molecular formula is C21H28BN5O3. The number of ether oxygens (including phenoxy) is 1. The molecule has 0 saturated carbocycles. The van der Waals surface area contributed by atoms with Crippen LogP contribution >= 0.6 is 0 Å². The molecule has 1 N–H and O–H groups in total. The average molecular weight is 409 g/mol. The van der Waals surface area contributed by atoms with Crippen LogP contribution in [0, 0.1) is 0 Å². The molecule has 2 aliphatic rings. The maximum Gasteiger partial charge on any atom is 0.377 e. The number of morpholine rings is 1. The Labute approximate surface area is 177 Å². The maximum absolute atomic E-state index is 12.7. The molecule has 0 bridgehead atoms. The molecule has 8 nitrogen and oxygen atoms in total. The second-order valence-corrected chi connectivity index (χ2v) is 8.19.